The van der Waals surface area contributed by atoms with Gasteiger partial charge < -0.3 is 10.0 Å². The number of hydrogen-bond donors (Lipinski definition) is 1. The maximum atomic E-state index is 9.16. The fourth-order valence-electron chi connectivity index (χ4n) is 2.09. The first-order valence-electron chi connectivity index (χ1n) is 5.37. The fourth-order valence-corrected chi connectivity index (χ4v) is 2.09. The fraction of sp³-hybridized carbons (Fsp3) is 1.00. The van der Waals surface area contributed by atoms with E-state index in [0.717, 1.165) is 12.5 Å². The van der Waals surface area contributed by atoms with Crippen LogP contribution in [0, 0.1) is 11.3 Å². The quantitative estimate of drug-likeness (QED) is 0.724. The zero-order valence-electron chi connectivity index (χ0n) is 9.21. The lowest BCUT2D eigenvalue weighted by Crippen LogP contribution is -2.41. The second-order valence-electron chi connectivity index (χ2n) is 5.30. The molecule has 0 bridgehead atoms. The van der Waals surface area contributed by atoms with Gasteiger partial charge in [0.15, 0.2) is 0 Å². The third-order valence-corrected chi connectivity index (χ3v) is 2.82. The lowest BCUT2D eigenvalue weighted by Gasteiger charge is -2.36. The first-order valence-corrected chi connectivity index (χ1v) is 5.37. The predicted molar refractivity (Wildman–Crippen MR) is 55.7 cm³/mol. The van der Waals surface area contributed by atoms with Crippen molar-refractivity contribution < 1.29 is 5.11 Å². The number of likely N-dealkylation sites (tertiary alicyclic amines) is 1. The molecule has 0 spiro atoms. The zero-order chi connectivity index (χ0) is 9.90. The van der Waals surface area contributed by atoms with Crippen LogP contribution < -0.4 is 0 Å². The Kier molecular flexibility index (Phi) is 3.74. The van der Waals surface area contributed by atoms with Gasteiger partial charge in [0.2, 0.25) is 0 Å². The third-order valence-electron chi connectivity index (χ3n) is 2.82. The SMILES string of the molecule is CC1CCCN(CC(C)(C)CO)C1. The lowest BCUT2D eigenvalue weighted by molar-refractivity contribution is 0.0796. The van der Waals surface area contributed by atoms with Crippen LogP contribution in [0.5, 0.6) is 0 Å². The van der Waals surface area contributed by atoms with Gasteiger partial charge in [-0.25, -0.2) is 0 Å². The molecule has 0 saturated carbocycles. The number of hydrogen-bond acceptors (Lipinski definition) is 2. The molecule has 0 aromatic rings. The molecular formula is C11H23NO. The smallest absolute Gasteiger partial charge is 0.0494 e. The van der Waals surface area contributed by atoms with Crippen molar-refractivity contribution >= 4 is 0 Å². The van der Waals surface area contributed by atoms with Gasteiger partial charge in [0.1, 0.15) is 0 Å². The van der Waals surface area contributed by atoms with Crippen molar-refractivity contribution in [1.82, 2.24) is 4.90 Å². The summed E-state index contributed by atoms with van der Waals surface area (Å²) in [6.07, 6.45) is 2.69. The summed E-state index contributed by atoms with van der Waals surface area (Å²) in [5.74, 6) is 0.836. The zero-order valence-corrected chi connectivity index (χ0v) is 9.21. The number of piperidine rings is 1. The van der Waals surface area contributed by atoms with E-state index in [1.165, 1.54) is 25.9 Å². The van der Waals surface area contributed by atoms with E-state index in [1.54, 1.807) is 0 Å². The number of nitrogens with zero attached hydrogens (tertiary/aromatic N) is 1. The average molecular weight is 185 g/mol. The molecule has 1 N–H and O–H groups in total. The molecule has 0 aliphatic carbocycles. The minimum absolute atomic E-state index is 0.0665. The summed E-state index contributed by atoms with van der Waals surface area (Å²) in [4.78, 5) is 2.49. The van der Waals surface area contributed by atoms with E-state index in [-0.39, 0.29) is 12.0 Å². The summed E-state index contributed by atoms with van der Waals surface area (Å²) in [6.45, 7) is 10.3. The van der Waals surface area contributed by atoms with Crippen LogP contribution in [0.15, 0.2) is 0 Å². The second kappa shape index (κ2) is 4.43. The Balaban J connectivity index is 2.35. The largest absolute Gasteiger partial charge is 0.396 e. The molecule has 1 heterocycles. The van der Waals surface area contributed by atoms with Crippen molar-refractivity contribution in [3.63, 3.8) is 0 Å². The minimum atomic E-state index is 0.0665. The lowest BCUT2D eigenvalue weighted by atomic mass is 9.91. The normalized spacial score (nSPS) is 26.3. The van der Waals surface area contributed by atoms with Gasteiger partial charge in [0, 0.05) is 25.1 Å². The topological polar surface area (TPSA) is 23.5 Å². The van der Waals surface area contributed by atoms with Gasteiger partial charge in [0.05, 0.1) is 0 Å². The molecule has 1 unspecified atom stereocenters. The van der Waals surface area contributed by atoms with E-state index in [9.17, 15) is 0 Å². The second-order valence-corrected chi connectivity index (χ2v) is 5.30. The van der Waals surface area contributed by atoms with Crippen LogP contribution in [0.2, 0.25) is 0 Å². The highest BCUT2D eigenvalue weighted by atomic mass is 16.3. The summed E-state index contributed by atoms with van der Waals surface area (Å²) in [5, 5.41) is 9.16. The maximum Gasteiger partial charge on any atom is 0.0494 e. The number of aliphatic hydroxyl groups is 1. The number of rotatable bonds is 3. The molecule has 2 nitrogen and oxygen atoms in total. The Labute approximate surface area is 81.9 Å². The highest BCUT2D eigenvalue weighted by molar-refractivity contribution is 4.77. The molecule has 2 heteroatoms. The standard InChI is InChI=1S/C11H23NO/c1-10-5-4-6-12(7-10)8-11(2,3)9-13/h10,13H,4-9H2,1-3H3. The Morgan fingerprint density at radius 1 is 1.46 bits per heavy atom. The summed E-state index contributed by atoms with van der Waals surface area (Å²) < 4.78 is 0. The van der Waals surface area contributed by atoms with Crippen LogP contribution in [-0.4, -0.2) is 36.2 Å². The number of aliphatic hydroxyl groups excluding tert-OH is 1. The Bertz CT molecular complexity index is 156. The molecule has 13 heavy (non-hydrogen) atoms. The summed E-state index contributed by atoms with van der Waals surface area (Å²) >= 11 is 0. The molecule has 1 aliphatic rings. The monoisotopic (exact) mass is 185 g/mol. The molecule has 0 radical (unpaired) electrons. The van der Waals surface area contributed by atoms with Gasteiger partial charge in [0.25, 0.3) is 0 Å². The predicted octanol–water partition coefficient (Wildman–Crippen LogP) is 1.74. The van der Waals surface area contributed by atoms with Crippen molar-refractivity contribution in [1.29, 1.82) is 0 Å². The van der Waals surface area contributed by atoms with Crippen LogP contribution >= 0.6 is 0 Å². The van der Waals surface area contributed by atoms with Crippen molar-refractivity contribution in [2.24, 2.45) is 11.3 Å². The van der Waals surface area contributed by atoms with Crippen LogP contribution in [-0.2, 0) is 0 Å². The van der Waals surface area contributed by atoms with E-state index in [1.807, 2.05) is 0 Å². The van der Waals surface area contributed by atoms with Gasteiger partial charge in [-0.15, -0.1) is 0 Å². The maximum absolute atomic E-state index is 9.16. The van der Waals surface area contributed by atoms with Crippen molar-refractivity contribution in [2.75, 3.05) is 26.2 Å². The van der Waals surface area contributed by atoms with Gasteiger partial charge in [-0.05, 0) is 25.3 Å². The van der Waals surface area contributed by atoms with Crippen molar-refractivity contribution in [3.8, 4) is 0 Å². The van der Waals surface area contributed by atoms with E-state index in [4.69, 9.17) is 5.11 Å². The van der Waals surface area contributed by atoms with E-state index in [0.29, 0.717) is 0 Å². The summed E-state index contributed by atoms with van der Waals surface area (Å²) in [5.41, 5.74) is 0.0665. The van der Waals surface area contributed by atoms with Crippen molar-refractivity contribution in [3.05, 3.63) is 0 Å². The molecule has 1 aliphatic heterocycles. The van der Waals surface area contributed by atoms with Gasteiger partial charge in [-0.1, -0.05) is 20.8 Å². The molecular weight excluding hydrogens is 162 g/mol. The Morgan fingerprint density at radius 3 is 2.69 bits per heavy atom. The molecule has 78 valence electrons. The molecule has 1 rings (SSSR count). The highest BCUT2D eigenvalue weighted by Gasteiger charge is 2.23. The molecule has 0 aromatic heterocycles. The van der Waals surface area contributed by atoms with E-state index < -0.39 is 0 Å². The third kappa shape index (κ3) is 3.65. The molecule has 1 fully saturated rings. The van der Waals surface area contributed by atoms with Crippen LogP contribution in [0.4, 0.5) is 0 Å². The summed E-state index contributed by atoms with van der Waals surface area (Å²) in [7, 11) is 0. The first kappa shape index (κ1) is 11.0. The summed E-state index contributed by atoms with van der Waals surface area (Å²) in [6, 6.07) is 0. The van der Waals surface area contributed by atoms with Gasteiger partial charge >= 0.3 is 0 Å². The van der Waals surface area contributed by atoms with E-state index in [2.05, 4.69) is 25.7 Å². The molecule has 0 aromatic carbocycles. The Morgan fingerprint density at radius 2 is 2.15 bits per heavy atom. The van der Waals surface area contributed by atoms with Crippen molar-refractivity contribution in [2.45, 2.75) is 33.6 Å². The highest BCUT2D eigenvalue weighted by Crippen LogP contribution is 2.21. The average Bonchev–Trinajstić information content (AvgIpc) is 2.03. The first-order chi connectivity index (χ1) is 6.03. The van der Waals surface area contributed by atoms with Gasteiger partial charge in [-0.3, -0.25) is 0 Å². The Hall–Kier alpha value is -0.0800. The van der Waals surface area contributed by atoms with Gasteiger partial charge in [-0.2, -0.15) is 0 Å². The molecule has 0 amide bonds. The molecule has 1 atom stereocenters. The molecule has 1 saturated heterocycles. The van der Waals surface area contributed by atoms with Crippen LogP contribution in [0.1, 0.15) is 33.6 Å². The van der Waals surface area contributed by atoms with Crippen LogP contribution in [0.25, 0.3) is 0 Å². The van der Waals surface area contributed by atoms with E-state index >= 15 is 0 Å². The van der Waals surface area contributed by atoms with Crippen LogP contribution in [0.3, 0.4) is 0 Å². The minimum Gasteiger partial charge on any atom is -0.396 e.